The van der Waals surface area contributed by atoms with Crippen molar-refractivity contribution in [1.29, 1.82) is 0 Å². The van der Waals surface area contributed by atoms with E-state index in [1.807, 2.05) is 0 Å². The van der Waals surface area contributed by atoms with E-state index in [-0.39, 0.29) is 33.8 Å². The van der Waals surface area contributed by atoms with Crippen molar-refractivity contribution in [2.45, 2.75) is 36.5 Å². The SMILES string of the molecule is CCC(=O)c1cc(C(=O)Cc2cccc(S(=O)(=O)c3cccc(C)c3)c2)c(C(=O)O)cc1C(=O)O. The van der Waals surface area contributed by atoms with Crippen LogP contribution in [0.1, 0.15) is 65.9 Å². The molecule has 0 heterocycles. The Balaban J connectivity index is 2.04. The van der Waals surface area contributed by atoms with Crippen LogP contribution in [0.2, 0.25) is 0 Å². The molecule has 3 rings (SSSR count). The van der Waals surface area contributed by atoms with E-state index < -0.39 is 44.5 Å². The summed E-state index contributed by atoms with van der Waals surface area (Å²) in [4.78, 5) is 48.8. The fourth-order valence-electron chi connectivity index (χ4n) is 3.63. The number of carboxylic acid groups (broad SMARTS) is 2. The predicted octanol–water partition coefficient (Wildman–Crippen LogP) is 4.24. The normalized spacial score (nSPS) is 11.1. The van der Waals surface area contributed by atoms with Crippen molar-refractivity contribution in [2.75, 3.05) is 0 Å². The molecule has 0 radical (unpaired) electrons. The lowest BCUT2D eigenvalue weighted by Gasteiger charge is -2.12. The summed E-state index contributed by atoms with van der Waals surface area (Å²) in [6, 6.07) is 13.9. The largest absolute Gasteiger partial charge is 0.478 e. The first-order valence-electron chi connectivity index (χ1n) is 10.6. The molecule has 3 aromatic carbocycles. The Morgan fingerprint density at radius 1 is 0.714 bits per heavy atom. The lowest BCUT2D eigenvalue weighted by atomic mass is 9.91. The van der Waals surface area contributed by atoms with Gasteiger partial charge >= 0.3 is 11.9 Å². The maximum atomic E-state index is 13.1. The highest BCUT2D eigenvalue weighted by atomic mass is 32.2. The van der Waals surface area contributed by atoms with Gasteiger partial charge in [-0.1, -0.05) is 31.2 Å². The molecule has 35 heavy (non-hydrogen) atoms. The number of carbonyl (C=O) groups excluding carboxylic acids is 2. The molecule has 0 aliphatic rings. The van der Waals surface area contributed by atoms with Gasteiger partial charge in [0, 0.05) is 24.0 Å². The zero-order valence-electron chi connectivity index (χ0n) is 18.9. The Morgan fingerprint density at radius 2 is 1.23 bits per heavy atom. The van der Waals surface area contributed by atoms with Gasteiger partial charge in [-0.15, -0.1) is 0 Å². The van der Waals surface area contributed by atoms with Crippen LogP contribution in [0.3, 0.4) is 0 Å². The van der Waals surface area contributed by atoms with Crippen LogP contribution in [0.4, 0.5) is 0 Å². The van der Waals surface area contributed by atoms with Gasteiger partial charge in [0.05, 0.1) is 20.9 Å². The van der Waals surface area contributed by atoms with E-state index in [1.165, 1.54) is 43.3 Å². The number of carboxylic acids is 2. The maximum absolute atomic E-state index is 13.1. The maximum Gasteiger partial charge on any atom is 0.336 e. The zero-order valence-corrected chi connectivity index (χ0v) is 19.8. The number of aromatic carboxylic acids is 2. The topological polar surface area (TPSA) is 143 Å². The minimum absolute atomic E-state index is 0.0325. The van der Waals surface area contributed by atoms with Crippen molar-refractivity contribution >= 4 is 33.3 Å². The molecule has 9 heteroatoms. The second-order valence-corrected chi connectivity index (χ2v) is 9.85. The summed E-state index contributed by atoms with van der Waals surface area (Å²) < 4.78 is 26.1. The third-order valence-electron chi connectivity index (χ3n) is 5.41. The minimum atomic E-state index is -3.86. The third kappa shape index (κ3) is 5.36. The molecule has 0 unspecified atom stereocenters. The Morgan fingerprint density at radius 3 is 1.77 bits per heavy atom. The van der Waals surface area contributed by atoms with E-state index >= 15 is 0 Å². The Hall–Kier alpha value is -4.11. The van der Waals surface area contributed by atoms with Crippen LogP contribution in [-0.4, -0.2) is 42.1 Å². The van der Waals surface area contributed by atoms with E-state index in [2.05, 4.69) is 0 Å². The first-order chi connectivity index (χ1) is 16.4. The van der Waals surface area contributed by atoms with E-state index in [0.717, 1.165) is 17.7 Å². The highest BCUT2D eigenvalue weighted by molar-refractivity contribution is 7.91. The number of rotatable bonds is 9. The molecule has 3 aromatic rings. The second-order valence-electron chi connectivity index (χ2n) is 7.90. The van der Waals surface area contributed by atoms with Crippen molar-refractivity contribution in [2.24, 2.45) is 0 Å². The molecule has 0 saturated carbocycles. The lowest BCUT2D eigenvalue weighted by Crippen LogP contribution is -2.17. The monoisotopic (exact) mass is 494 g/mol. The van der Waals surface area contributed by atoms with Gasteiger partial charge in [0.1, 0.15) is 0 Å². The average Bonchev–Trinajstić information content (AvgIpc) is 2.82. The molecule has 0 atom stereocenters. The molecule has 0 saturated heterocycles. The minimum Gasteiger partial charge on any atom is -0.478 e. The molecule has 0 aromatic heterocycles. The van der Waals surface area contributed by atoms with Gasteiger partial charge in [-0.3, -0.25) is 9.59 Å². The van der Waals surface area contributed by atoms with Crippen molar-refractivity contribution < 1.29 is 37.8 Å². The number of ketones is 2. The molecule has 2 N–H and O–H groups in total. The number of hydrogen-bond donors (Lipinski definition) is 2. The van der Waals surface area contributed by atoms with Gasteiger partial charge < -0.3 is 10.2 Å². The van der Waals surface area contributed by atoms with Crippen molar-refractivity contribution in [3.05, 3.63) is 94.0 Å². The van der Waals surface area contributed by atoms with Crippen LogP contribution in [0.15, 0.2) is 70.5 Å². The van der Waals surface area contributed by atoms with Gasteiger partial charge in [-0.25, -0.2) is 18.0 Å². The van der Waals surface area contributed by atoms with Gasteiger partial charge in [0.2, 0.25) is 9.84 Å². The zero-order chi connectivity index (χ0) is 25.9. The number of Topliss-reactive ketones (excluding diaryl/α,β-unsaturated/α-hetero) is 2. The smallest absolute Gasteiger partial charge is 0.336 e. The van der Waals surface area contributed by atoms with Crippen LogP contribution >= 0.6 is 0 Å². The van der Waals surface area contributed by atoms with Gasteiger partial charge in [0.15, 0.2) is 11.6 Å². The second kappa shape index (κ2) is 10.0. The molecule has 0 amide bonds. The van der Waals surface area contributed by atoms with Crippen LogP contribution in [0, 0.1) is 6.92 Å². The van der Waals surface area contributed by atoms with Crippen molar-refractivity contribution in [3.63, 3.8) is 0 Å². The highest BCUT2D eigenvalue weighted by Crippen LogP contribution is 2.25. The summed E-state index contributed by atoms with van der Waals surface area (Å²) in [5.74, 6) is -4.27. The number of hydrogen-bond acceptors (Lipinski definition) is 6. The lowest BCUT2D eigenvalue weighted by molar-refractivity contribution is 0.0689. The molecule has 0 bridgehead atoms. The summed E-state index contributed by atoms with van der Waals surface area (Å²) in [5.41, 5.74) is -0.567. The fraction of sp³-hybridized carbons (Fsp3) is 0.154. The molecule has 8 nitrogen and oxygen atoms in total. The molecular formula is C26H22O8S. The molecule has 180 valence electrons. The third-order valence-corrected chi connectivity index (χ3v) is 7.16. The average molecular weight is 495 g/mol. The summed E-state index contributed by atoms with van der Waals surface area (Å²) in [6.07, 6.45) is -0.400. The summed E-state index contributed by atoms with van der Waals surface area (Å²) in [6.45, 7) is 3.28. The molecule has 0 spiro atoms. The van der Waals surface area contributed by atoms with E-state index in [9.17, 15) is 37.8 Å². The first-order valence-corrected chi connectivity index (χ1v) is 12.1. The van der Waals surface area contributed by atoms with Gasteiger partial charge in [0.25, 0.3) is 0 Å². The van der Waals surface area contributed by atoms with Crippen molar-refractivity contribution in [3.8, 4) is 0 Å². The first kappa shape index (κ1) is 25.5. The molecule has 0 aliphatic heterocycles. The van der Waals surface area contributed by atoms with Crippen molar-refractivity contribution in [1.82, 2.24) is 0 Å². The quantitative estimate of drug-likeness (QED) is 0.421. The molecule has 0 aliphatic carbocycles. The number of carbonyl (C=O) groups is 4. The molecular weight excluding hydrogens is 472 g/mol. The van der Waals surface area contributed by atoms with Crippen LogP contribution in [-0.2, 0) is 16.3 Å². The number of benzene rings is 3. The van der Waals surface area contributed by atoms with E-state index in [1.54, 1.807) is 19.1 Å². The Bertz CT molecular complexity index is 1470. The number of sulfone groups is 1. The predicted molar refractivity (Wildman–Crippen MR) is 126 cm³/mol. The summed E-state index contributed by atoms with van der Waals surface area (Å²) in [5, 5.41) is 19.0. The Labute approximate surface area is 201 Å². The highest BCUT2D eigenvalue weighted by Gasteiger charge is 2.25. The summed E-state index contributed by atoms with van der Waals surface area (Å²) in [7, 11) is -3.86. The summed E-state index contributed by atoms with van der Waals surface area (Å²) >= 11 is 0. The van der Waals surface area contributed by atoms with Crippen LogP contribution < -0.4 is 0 Å². The number of aryl methyl sites for hydroxylation is 1. The fourth-order valence-corrected chi connectivity index (χ4v) is 5.06. The van der Waals surface area contributed by atoms with Crippen LogP contribution in [0.25, 0.3) is 0 Å². The van der Waals surface area contributed by atoms with E-state index in [4.69, 9.17) is 0 Å². The molecule has 0 fully saturated rings. The van der Waals surface area contributed by atoms with E-state index in [0.29, 0.717) is 5.56 Å². The van der Waals surface area contributed by atoms with Gasteiger partial charge in [-0.2, -0.15) is 0 Å². The van der Waals surface area contributed by atoms with Crippen LogP contribution in [0.5, 0.6) is 0 Å². The standard InChI is InChI=1S/C26H22O8S/c1-3-23(27)19-13-20(22(26(31)32)14-21(19)25(29)30)24(28)12-16-7-5-9-18(11-16)35(33,34)17-8-4-6-15(2)10-17/h4-11,13-14H,3,12H2,1-2H3,(H,29,30)(H,31,32). The Kier molecular flexibility index (Phi) is 7.31. The van der Waals surface area contributed by atoms with Gasteiger partial charge in [-0.05, 0) is 54.4 Å².